The van der Waals surface area contributed by atoms with E-state index in [2.05, 4.69) is 21.2 Å². The Bertz CT molecular complexity index is 928. The van der Waals surface area contributed by atoms with Gasteiger partial charge in [-0.15, -0.1) is 0 Å². The van der Waals surface area contributed by atoms with Gasteiger partial charge in [-0.3, -0.25) is 4.79 Å². The van der Waals surface area contributed by atoms with Crippen molar-refractivity contribution in [1.82, 2.24) is 4.31 Å². The maximum atomic E-state index is 12.8. The first-order chi connectivity index (χ1) is 12.2. The molecular formula is C18H20BrClN2O3S. The molecule has 1 N–H and O–H groups in total. The Labute approximate surface area is 167 Å². The van der Waals surface area contributed by atoms with Crippen LogP contribution < -0.4 is 5.32 Å². The number of sulfonamides is 1. The summed E-state index contributed by atoms with van der Waals surface area (Å²) >= 11 is 9.39. The van der Waals surface area contributed by atoms with Crippen LogP contribution in [0.5, 0.6) is 0 Å². The van der Waals surface area contributed by atoms with Crippen LogP contribution >= 0.6 is 27.5 Å². The minimum atomic E-state index is -3.62. The first kappa shape index (κ1) is 20.9. The Morgan fingerprint density at radius 3 is 2.42 bits per heavy atom. The third-order valence-corrected chi connectivity index (χ3v) is 6.96. The Morgan fingerprint density at radius 2 is 1.81 bits per heavy atom. The van der Waals surface area contributed by atoms with Crippen LogP contribution in [0.15, 0.2) is 45.8 Å². The van der Waals surface area contributed by atoms with Crippen molar-refractivity contribution in [2.45, 2.75) is 25.7 Å². The highest BCUT2D eigenvalue weighted by molar-refractivity contribution is 9.10. The molecule has 0 unspecified atom stereocenters. The number of amides is 1. The van der Waals surface area contributed by atoms with Gasteiger partial charge in [0, 0.05) is 23.2 Å². The molecule has 0 aliphatic rings. The maximum Gasteiger partial charge on any atom is 0.257 e. The van der Waals surface area contributed by atoms with Crippen LogP contribution in [0, 0.1) is 6.92 Å². The molecular weight excluding hydrogens is 440 g/mol. The van der Waals surface area contributed by atoms with Crippen molar-refractivity contribution in [3.05, 3.63) is 57.0 Å². The van der Waals surface area contributed by atoms with Crippen LogP contribution in [-0.2, 0) is 10.0 Å². The van der Waals surface area contributed by atoms with Crippen molar-refractivity contribution in [2.24, 2.45) is 0 Å². The number of nitrogens with one attached hydrogen (secondary N) is 1. The lowest BCUT2D eigenvalue weighted by Crippen LogP contribution is -2.31. The van der Waals surface area contributed by atoms with Gasteiger partial charge in [0.05, 0.1) is 15.5 Å². The molecule has 2 aromatic carbocycles. The van der Waals surface area contributed by atoms with Crippen molar-refractivity contribution < 1.29 is 13.2 Å². The Morgan fingerprint density at radius 1 is 1.15 bits per heavy atom. The normalized spacial score (nSPS) is 11.6. The zero-order chi connectivity index (χ0) is 19.5. The molecule has 0 atom stereocenters. The number of rotatable bonds is 6. The minimum Gasteiger partial charge on any atom is -0.322 e. The Kier molecular flexibility index (Phi) is 6.85. The fourth-order valence-corrected chi connectivity index (χ4v) is 4.80. The quantitative estimate of drug-likeness (QED) is 0.681. The number of nitrogens with zero attached hydrogens (tertiary/aromatic N) is 1. The van der Waals surface area contributed by atoms with Crippen LogP contribution in [0.2, 0.25) is 5.02 Å². The highest BCUT2D eigenvalue weighted by atomic mass is 79.9. The lowest BCUT2D eigenvalue weighted by atomic mass is 10.2. The smallest absolute Gasteiger partial charge is 0.257 e. The first-order valence-corrected chi connectivity index (χ1v) is 10.7. The number of benzene rings is 2. The van der Waals surface area contributed by atoms with Crippen LogP contribution in [0.4, 0.5) is 5.69 Å². The number of carbonyl (C=O) groups excluding carboxylic acids is 1. The summed E-state index contributed by atoms with van der Waals surface area (Å²) in [5, 5.41) is 3.03. The van der Waals surface area contributed by atoms with E-state index >= 15 is 0 Å². The summed E-state index contributed by atoms with van der Waals surface area (Å²) in [6.45, 7) is 6.06. The predicted octanol–water partition coefficient (Wildman–Crippen LogP) is 4.69. The number of hydrogen-bond acceptors (Lipinski definition) is 3. The average Bonchev–Trinajstić information content (AvgIpc) is 2.59. The van der Waals surface area contributed by atoms with Gasteiger partial charge in [-0.2, -0.15) is 4.31 Å². The van der Waals surface area contributed by atoms with E-state index in [0.29, 0.717) is 34.9 Å². The first-order valence-electron chi connectivity index (χ1n) is 8.07. The van der Waals surface area contributed by atoms with Gasteiger partial charge in [-0.05, 0) is 42.8 Å². The number of halogens is 2. The van der Waals surface area contributed by atoms with Gasteiger partial charge in [0.15, 0.2) is 0 Å². The van der Waals surface area contributed by atoms with Gasteiger partial charge in [0.1, 0.15) is 0 Å². The van der Waals surface area contributed by atoms with E-state index in [1.807, 2.05) is 0 Å². The van der Waals surface area contributed by atoms with Crippen LogP contribution in [0.3, 0.4) is 0 Å². The van der Waals surface area contributed by atoms with Gasteiger partial charge in [0.25, 0.3) is 5.91 Å². The third kappa shape index (κ3) is 4.46. The molecule has 2 rings (SSSR count). The van der Waals surface area contributed by atoms with Gasteiger partial charge >= 0.3 is 0 Å². The second-order valence-electron chi connectivity index (χ2n) is 5.65. The van der Waals surface area contributed by atoms with Crippen molar-refractivity contribution in [3.63, 3.8) is 0 Å². The van der Waals surface area contributed by atoms with Gasteiger partial charge in [-0.25, -0.2) is 8.42 Å². The molecule has 26 heavy (non-hydrogen) atoms. The number of carbonyl (C=O) groups is 1. The van der Waals surface area contributed by atoms with Gasteiger partial charge in [0.2, 0.25) is 10.0 Å². The van der Waals surface area contributed by atoms with E-state index < -0.39 is 15.9 Å². The zero-order valence-corrected chi connectivity index (χ0v) is 17.9. The number of hydrogen-bond donors (Lipinski definition) is 1. The molecule has 8 heteroatoms. The van der Waals surface area contributed by atoms with E-state index in [-0.39, 0.29) is 4.90 Å². The molecule has 0 saturated heterocycles. The summed E-state index contributed by atoms with van der Waals surface area (Å²) in [6, 6.07) is 9.78. The summed E-state index contributed by atoms with van der Waals surface area (Å²) in [6.07, 6.45) is 0. The summed E-state index contributed by atoms with van der Waals surface area (Å²) < 4.78 is 27.7. The van der Waals surface area contributed by atoms with E-state index in [1.165, 1.54) is 10.4 Å². The standard InChI is InChI=1S/C18H20BrClN2O3S/c1-4-22(5-2)26(24,25)17-11-14(8-6-12(17)3)21-18(23)15-10-13(19)7-9-16(15)20/h6-11H,4-5H2,1-3H3,(H,21,23). The lowest BCUT2D eigenvalue weighted by molar-refractivity contribution is 0.102. The topological polar surface area (TPSA) is 66.5 Å². The van der Waals surface area contributed by atoms with Crippen molar-refractivity contribution in [1.29, 1.82) is 0 Å². The second-order valence-corrected chi connectivity index (χ2v) is 8.88. The fourth-order valence-electron chi connectivity index (χ4n) is 2.53. The highest BCUT2D eigenvalue weighted by Gasteiger charge is 2.24. The van der Waals surface area contributed by atoms with Crippen LogP contribution in [0.25, 0.3) is 0 Å². The van der Waals surface area contributed by atoms with Crippen molar-refractivity contribution in [2.75, 3.05) is 18.4 Å². The fraction of sp³-hybridized carbons (Fsp3) is 0.278. The Balaban J connectivity index is 2.38. The lowest BCUT2D eigenvalue weighted by Gasteiger charge is -2.20. The molecule has 140 valence electrons. The monoisotopic (exact) mass is 458 g/mol. The molecule has 0 aliphatic heterocycles. The molecule has 0 spiro atoms. The zero-order valence-electron chi connectivity index (χ0n) is 14.7. The molecule has 0 aliphatic carbocycles. The summed E-state index contributed by atoms with van der Waals surface area (Å²) in [7, 11) is -3.62. The van der Waals surface area contributed by atoms with Crippen molar-refractivity contribution in [3.8, 4) is 0 Å². The maximum absolute atomic E-state index is 12.8. The summed E-state index contributed by atoms with van der Waals surface area (Å²) in [5.41, 5.74) is 1.31. The molecule has 0 radical (unpaired) electrons. The second kappa shape index (κ2) is 8.52. The molecule has 2 aromatic rings. The third-order valence-electron chi connectivity index (χ3n) is 3.94. The van der Waals surface area contributed by atoms with Crippen LogP contribution in [0.1, 0.15) is 29.8 Å². The largest absolute Gasteiger partial charge is 0.322 e. The van der Waals surface area contributed by atoms with Crippen LogP contribution in [-0.4, -0.2) is 31.7 Å². The predicted molar refractivity (Wildman–Crippen MR) is 108 cm³/mol. The van der Waals surface area contributed by atoms with Gasteiger partial charge in [-0.1, -0.05) is 47.4 Å². The molecule has 0 heterocycles. The molecule has 0 aromatic heterocycles. The molecule has 1 amide bonds. The van der Waals surface area contributed by atoms with Crippen molar-refractivity contribution >= 4 is 49.1 Å². The minimum absolute atomic E-state index is 0.180. The Hall–Kier alpha value is -1.41. The van der Waals surface area contributed by atoms with E-state index in [1.54, 1.807) is 51.1 Å². The highest BCUT2D eigenvalue weighted by Crippen LogP contribution is 2.26. The van der Waals surface area contributed by atoms with Gasteiger partial charge < -0.3 is 5.32 Å². The molecule has 5 nitrogen and oxygen atoms in total. The SMILES string of the molecule is CCN(CC)S(=O)(=O)c1cc(NC(=O)c2cc(Br)ccc2Cl)ccc1C. The molecule has 0 bridgehead atoms. The van der Waals surface area contributed by atoms with E-state index in [9.17, 15) is 13.2 Å². The van der Waals surface area contributed by atoms with E-state index in [4.69, 9.17) is 11.6 Å². The average molecular weight is 460 g/mol. The molecule has 0 saturated carbocycles. The number of aryl methyl sites for hydroxylation is 1. The number of anilines is 1. The molecule has 0 fully saturated rings. The van der Waals surface area contributed by atoms with E-state index in [0.717, 1.165) is 4.47 Å². The summed E-state index contributed by atoms with van der Waals surface area (Å²) in [4.78, 5) is 12.7. The summed E-state index contributed by atoms with van der Waals surface area (Å²) in [5.74, 6) is -0.411.